The number of rotatable bonds is 5. The molecule has 0 spiro atoms. The fraction of sp³-hybridized carbons (Fsp3) is 0.625. The average molecular weight is 280 g/mol. The Morgan fingerprint density at radius 1 is 1.42 bits per heavy atom. The summed E-state index contributed by atoms with van der Waals surface area (Å²) in [5.74, 6) is 0.601. The summed E-state index contributed by atoms with van der Waals surface area (Å²) in [6.07, 6.45) is 5.76. The van der Waals surface area contributed by atoms with E-state index in [-0.39, 0.29) is 0 Å². The molecule has 2 heterocycles. The van der Waals surface area contributed by atoms with Crippen LogP contribution in [0.3, 0.4) is 0 Å². The summed E-state index contributed by atoms with van der Waals surface area (Å²) in [6, 6.07) is 8.66. The molecule has 1 N–H and O–H groups in total. The maximum absolute atomic E-state index is 6.15. The second kappa shape index (κ2) is 5.82. The van der Waals surface area contributed by atoms with Crippen molar-refractivity contribution >= 4 is 11.6 Å². The second-order valence-corrected chi connectivity index (χ2v) is 6.20. The van der Waals surface area contributed by atoms with Crippen LogP contribution < -0.4 is 5.32 Å². The predicted octanol–water partition coefficient (Wildman–Crippen LogP) is 3.95. The highest BCUT2D eigenvalue weighted by atomic mass is 35.5. The molecule has 3 rings (SSSR count). The van der Waals surface area contributed by atoms with E-state index in [0.29, 0.717) is 24.2 Å². The molecule has 2 bridgehead atoms. The lowest BCUT2D eigenvalue weighted by molar-refractivity contribution is 0.0857. The first kappa shape index (κ1) is 13.4. The maximum Gasteiger partial charge on any atom is 0.0627 e. The molecule has 4 unspecified atom stereocenters. The highest BCUT2D eigenvalue weighted by Gasteiger charge is 2.44. The summed E-state index contributed by atoms with van der Waals surface area (Å²) in [5.41, 5.74) is 1.31. The Kier molecular flexibility index (Phi) is 4.11. The van der Waals surface area contributed by atoms with Crippen molar-refractivity contribution in [3.63, 3.8) is 0 Å². The van der Waals surface area contributed by atoms with Gasteiger partial charge >= 0.3 is 0 Å². The van der Waals surface area contributed by atoms with Gasteiger partial charge in [-0.05, 0) is 49.9 Å². The van der Waals surface area contributed by atoms with Gasteiger partial charge in [-0.3, -0.25) is 0 Å². The van der Waals surface area contributed by atoms with Gasteiger partial charge in [-0.1, -0.05) is 30.7 Å². The monoisotopic (exact) mass is 279 g/mol. The predicted molar refractivity (Wildman–Crippen MR) is 78.5 cm³/mol. The standard InChI is InChI=1S/C16H22ClNO/c1-2-8-18-16(11-4-3-5-12(17)9-11)14-10-13-6-7-15(14)19-13/h3-5,9,13-16,18H,2,6-8,10H2,1H3. The van der Waals surface area contributed by atoms with Crippen molar-refractivity contribution in [3.05, 3.63) is 34.9 Å². The van der Waals surface area contributed by atoms with E-state index in [4.69, 9.17) is 16.3 Å². The van der Waals surface area contributed by atoms with Crippen molar-refractivity contribution in [3.8, 4) is 0 Å². The summed E-state index contributed by atoms with van der Waals surface area (Å²) >= 11 is 6.15. The van der Waals surface area contributed by atoms with E-state index in [9.17, 15) is 0 Å². The van der Waals surface area contributed by atoms with Gasteiger partial charge in [-0.25, -0.2) is 0 Å². The zero-order chi connectivity index (χ0) is 13.2. The van der Waals surface area contributed by atoms with Gasteiger partial charge in [0.25, 0.3) is 0 Å². The number of benzene rings is 1. The molecular formula is C16H22ClNO. The molecule has 0 saturated carbocycles. The second-order valence-electron chi connectivity index (χ2n) is 5.76. The van der Waals surface area contributed by atoms with Crippen LogP contribution in [0, 0.1) is 5.92 Å². The van der Waals surface area contributed by atoms with Crippen molar-refractivity contribution in [2.45, 2.75) is 50.9 Å². The Morgan fingerprint density at radius 2 is 2.32 bits per heavy atom. The lowest BCUT2D eigenvalue weighted by Crippen LogP contribution is -2.34. The zero-order valence-corrected chi connectivity index (χ0v) is 12.2. The molecule has 19 heavy (non-hydrogen) atoms. The van der Waals surface area contributed by atoms with Crippen LogP contribution in [-0.2, 0) is 4.74 Å². The lowest BCUT2D eigenvalue weighted by Gasteiger charge is -2.30. The minimum atomic E-state index is 0.383. The van der Waals surface area contributed by atoms with Crippen LogP contribution in [0.15, 0.2) is 24.3 Å². The summed E-state index contributed by atoms with van der Waals surface area (Å²) < 4.78 is 6.02. The van der Waals surface area contributed by atoms with Gasteiger partial charge in [0.2, 0.25) is 0 Å². The molecule has 2 aliphatic heterocycles. The molecular weight excluding hydrogens is 258 g/mol. The van der Waals surface area contributed by atoms with Crippen molar-refractivity contribution in [1.82, 2.24) is 5.32 Å². The minimum absolute atomic E-state index is 0.383. The van der Waals surface area contributed by atoms with Crippen molar-refractivity contribution in [2.75, 3.05) is 6.54 Å². The molecule has 3 heteroatoms. The molecule has 2 fully saturated rings. The Morgan fingerprint density at radius 3 is 2.95 bits per heavy atom. The maximum atomic E-state index is 6.15. The molecule has 4 atom stereocenters. The zero-order valence-electron chi connectivity index (χ0n) is 11.4. The number of ether oxygens (including phenoxy) is 1. The highest BCUT2D eigenvalue weighted by molar-refractivity contribution is 6.30. The fourth-order valence-corrected chi connectivity index (χ4v) is 3.74. The molecule has 0 radical (unpaired) electrons. The molecule has 1 aromatic carbocycles. The summed E-state index contributed by atoms with van der Waals surface area (Å²) in [7, 11) is 0. The van der Waals surface area contributed by atoms with E-state index in [1.807, 2.05) is 12.1 Å². The molecule has 2 aliphatic rings. The van der Waals surface area contributed by atoms with Gasteiger partial charge in [0.05, 0.1) is 12.2 Å². The number of hydrogen-bond donors (Lipinski definition) is 1. The van der Waals surface area contributed by atoms with Crippen molar-refractivity contribution in [1.29, 1.82) is 0 Å². The normalized spacial score (nSPS) is 30.7. The Balaban J connectivity index is 1.81. The molecule has 0 aromatic heterocycles. The molecule has 0 amide bonds. The summed E-state index contributed by atoms with van der Waals surface area (Å²) in [6.45, 7) is 3.25. The average Bonchev–Trinajstić information content (AvgIpc) is 3.02. The van der Waals surface area contributed by atoms with Gasteiger partial charge in [-0.2, -0.15) is 0 Å². The third kappa shape index (κ3) is 2.81. The number of fused-ring (bicyclic) bond motifs is 2. The van der Waals surface area contributed by atoms with E-state index in [2.05, 4.69) is 24.4 Å². The topological polar surface area (TPSA) is 21.3 Å². The van der Waals surface area contributed by atoms with Crippen LogP contribution in [-0.4, -0.2) is 18.8 Å². The van der Waals surface area contributed by atoms with Gasteiger partial charge in [0, 0.05) is 17.0 Å². The third-order valence-corrected chi connectivity index (χ3v) is 4.64. The first-order valence-corrected chi connectivity index (χ1v) is 7.80. The third-order valence-electron chi connectivity index (χ3n) is 4.40. The van der Waals surface area contributed by atoms with Crippen LogP contribution in [0.2, 0.25) is 5.02 Å². The van der Waals surface area contributed by atoms with Crippen LogP contribution >= 0.6 is 11.6 Å². The summed E-state index contributed by atoms with van der Waals surface area (Å²) in [5, 5.41) is 4.53. The van der Waals surface area contributed by atoms with E-state index in [1.54, 1.807) is 0 Å². The number of halogens is 1. The minimum Gasteiger partial charge on any atom is -0.375 e. The highest BCUT2D eigenvalue weighted by Crippen LogP contribution is 2.44. The van der Waals surface area contributed by atoms with E-state index in [1.165, 1.54) is 24.8 Å². The number of hydrogen-bond acceptors (Lipinski definition) is 2. The molecule has 104 valence electrons. The van der Waals surface area contributed by atoms with Crippen LogP contribution in [0.4, 0.5) is 0 Å². The largest absolute Gasteiger partial charge is 0.375 e. The van der Waals surface area contributed by atoms with Gasteiger partial charge in [0.15, 0.2) is 0 Å². The Labute approximate surface area is 120 Å². The Hall–Kier alpha value is -0.570. The van der Waals surface area contributed by atoms with Crippen LogP contribution in [0.1, 0.15) is 44.2 Å². The molecule has 2 nitrogen and oxygen atoms in total. The van der Waals surface area contributed by atoms with E-state index < -0.39 is 0 Å². The van der Waals surface area contributed by atoms with Gasteiger partial charge in [-0.15, -0.1) is 0 Å². The molecule has 2 saturated heterocycles. The van der Waals surface area contributed by atoms with Crippen molar-refractivity contribution in [2.24, 2.45) is 5.92 Å². The quantitative estimate of drug-likeness (QED) is 0.881. The lowest BCUT2D eigenvalue weighted by atomic mass is 9.81. The van der Waals surface area contributed by atoms with E-state index in [0.717, 1.165) is 18.0 Å². The smallest absolute Gasteiger partial charge is 0.0627 e. The van der Waals surface area contributed by atoms with Crippen molar-refractivity contribution < 1.29 is 4.74 Å². The SMILES string of the molecule is CCCNC(c1cccc(Cl)c1)C1CC2CCC1O2. The fourth-order valence-electron chi connectivity index (χ4n) is 3.54. The first-order valence-electron chi connectivity index (χ1n) is 7.42. The van der Waals surface area contributed by atoms with E-state index >= 15 is 0 Å². The Bertz CT molecular complexity index is 437. The summed E-state index contributed by atoms with van der Waals surface area (Å²) in [4.78, 5) is 0. The van der Waals surface area contributed by atoms with Gasteiger partial charge in [0.1, 0.15) is 0 Å². The van der Waals surface area contributed by atoms with Gasteiger partial charge < -0.3 is 10.1 Å². The molecule has 0 aliphatic carbocycles. The first-order chi connectivity index (χ1) is 9.28. The van der Waals surface area contributed by atoms with Crippen LogP contribution in [0.25, 0.3) is 0 Å². The molecule has 1 aromatic rings. The van der Waals surface area contributed by atoms with Crippen LogP contribution in [0.5, 0.6) is 0 Å². The number of nitrogens with one attached hydrogen (secondary N) is 1.